The molecule has 0 unspecified atom stereocenters. The molecule has 4 rings (SSSR count). The van der Waals surface area contributed by atoms with Crippen molar-refractivity contribution in [2.24, 2.45) is 0 Å². The summed E-state index contributed by atoms with van der Waals surface area (Å²) in [5, 5.41) is 12.7. The lowest BCUT2D eigenvalue weighted by Gasteiger charge is -2.31. The maximum atomic E-state index is 14.8. The highest BCUT2D eigenvalue weighted by Gasteiger charge is 2.33. The first-order valence-corrected chi connectivity index (χ1v) is 9.69. The van der Waals surface area contributed by atoms with E-state index in [2.05, 4.69) is 15.7 Å². The van der Waals surface area contributed by atoms with Gasteiger partial charge >= 0.3 is 6.09 Å². The molecular weight excluding hydrogens is 391 g/mol. The number of halogens is 1. The zero-order valence-corrected chi connectivity index (χ0v) is 16.5. The topological polar surface area (TPSA) is 91.8 Å². The van der Waals surface area contributed by atoms with Gasteiger partial charge in [-0.05, 0) is 43.1 Å². The molecular formula is C21H21FN4O4. The normalized spacial score (nSPS) is 18.9. The van der Waals surface area contributed by atoms with Crippen molar-refractivity contribution in [1.82, 2.24) is 5.16 Å². The second kappa shape index (κ2) is 8.45. The maximum Gasteiger partial charge on any atom is 0.414 e. The SMILES string of the molecule is CC(C#N)=C1CCN(c2ccc(N3C[C@H](COc4ccon4)OC3=O)cc2F)CC1. The van der Waals surface area contributed by atoms with Crippen LogP contribution in [-0.2, 0) is 4.74 Å². The van der Waals surface area contributed by atoms with Crippen molar-refractivity contribution >= 4 is 17.5 Å². The Labute approximate surface area is 173 Å². The standard InChI is InChI=1S/C21H21FN4O4/c1-14(11-23)15-4-7-25(8-5-15)19-3-2-16(10-18(19)22)26-12-17(30-21(26)27)13-28-20-6-9-29-24-20/h2-3,6,9-10,17H,4-5,7-8,12-13H2,1H3/t17-/m1/s1. The number of nitrogens with zero attached hydrogens (tertiary/aromatic N) is 4. The first-order chi connectivity index (χ1) is 14.5. The van der Waals surface area contributed by atoms with Gasteiger partial charge in [-0.3, -0.25) is 4.90 Å². The van der Waals surface area contributed by atoms with E-state index in [4.69, 9.17) is 14.7 Å². The smallest absolute Gasteiger partial charge is 0.414 e. The number of hydrogen-bond donors (Lipinski definition) is 0. The average Bonchev–Trinajstić information content (AvgIpc) is 3.41. The van der Waals surface area contributed by atoms with Crippen molar-refractivity contribution < 1.29 is 23.2 Å². The number of amides is 1. The first-order valence-electron chi connectivity index (χ1n) is 9.69. The number of hydrogen-bond acceptors (Lipinski definition) is 7. The fourth-order valence-electron chi connectivity index (χ4n) is 3.67. The van der Waals surface area contributed by atoms with Gasteiger partial charge in [-0.25, -0.2) is 9.18 Å². The Kier molecular flexibility index (Phi) is 5.57. The highest BCUT2D eigenvalue weighted by Crippen LogP contribution is 2.31. The van der Waals surface area contributed by atoms with E-state index in [1.807, 2.05) is 11.8 Å². The molecule has 0 spiro atoms. The lowest BCUT2D eigenvalue weighted by atomic mass is 9.99. The summed E-state index contributed by atoms with van der Waals surface area (Å²) < 4.78 is 30.2. The van der Waals surface area contributed by atoms with E-state index >= 15 is 0 Å². The van der Waals surface area contributed by atoms with Crippen LogP contribution < -0.4 is 14.5 Å². The van der Waals surface area contributed by atoms with Gasteiger partial charge < -0.3 is 18.9 Å². The van der Waals surface area contributed by atoms with E-state index in [0.717, 1.165) is 24.0 Å². The van der Waals surface area contributed by atoms with E-state index in [9.17, 15) is 9.18 Å². The zero-order chi connectivity index (χ0) is 21.1. The maximum absolute atomic E-state index is 14.8. The summed E-state index contributed by atoms with van der Waals surface area (Å²) >= 11 is 0. The third-order valence-electron chi connectivity index (χ3n) is 5.35. The fraction of sp³-hybridized carbons (Fsp3) is 0.381. The minimum Gasteiger partial charge on any atom is -0.471 e. The quantitative estimate of drug-likeness (QED) is 0.692. The van der Waals surface area contributed by atoms with E-state index in [1.165, 1.54) is 17.2 Å². The lowest BCUT2D eigenvalue weighted by molar-refractivity contribution is 0.102. The van der Waals surface area contributed by atoms with E-state index < -0.39 is 18.0 Å². The Balaban J connectivity index is 1.40. The number of anilines is 2. The number of nitriles is 1. The van der Waals surface area contributed by atoms with Crippen LogP contribution in [0.15, 0.2) is 46.2 Å². The van der Waals surface area contributed by atoms with Gasteiger partial charge in [-0.15, -0.1) is 0 Å². The molecule has 0 bridgehead atoms. The Morgan fingerprint density at radius 3 is 2.83 bits per heavy atom. The van der Waals surface area contributed by atoms with Crippen LogP contribution in [0, 0.1) is 17.1 Å². The summed E-state index contributed by atoms with van der Waals surface area (Å²) in [6, 6.07) is 8.49. The van der Waals surface area contributed by atoms with E-state index in [0.29, 0.717) is 30.3 Å². The molecule has 0 saturated carbocycles. The zero-order valence-electron chi connectivity index (χ0n) is 16.5. The molecule has 30 heavy (non-hydrogen) atoms. The average molecular weight is 412 g/mol. The van der Waals surface area contributed by atoms with Gasteiger partial charge in [0.15, 0.2) is 6.10 Å². The van der Waals surface area contributed by atoms with E-state index in [1.54, 1.807) is 18.2 Å². The van der Waals surface area contributed by atoms with Crippen LogP contribution in [-0.4, -0.2) is 43.6 Å². The minimum absolute atomic E-state index is 0.126. The molecule has 1 aromatic heterocycles. The van der Waals surface area contributed by atoms with Gasteiger partial charge in [0.1, 0.15) is 18.7 Å². The van der Waals surface area contributed by atoms with Gasteiger partial charge in [0.25, 0.3) is 5.88 Å². The molecule has 2 aliphatic heterocycles. The molecule has 2 aliphatic rings. The van der Waals surface area contributed by atoms with Crippen LogP contribution in [0.4, 0.5) is 20.6 Å². The number of carbonyl (C=O) groups is 1. The molecule has 0 aliphatic carbocycles. The van der Waals surface area contributed by atoms with Crippen LogP contribution in [0.1, 0.15) is 19.8 Å². The molecule has 156 valence electrons. The van der Waals surface area contributed by atoms with Crippen LogP contribution in [0.2, 0.25) is 0 Å². The Bertz CT molecular complexity index is 989. The first kappa shape index (κ1) is 19.8. The molecule has 1 atom stereocenters. The fourth-order valence-corrected chi connectivity index (χ4v) is 3.67. The minimum atomic E-state index is -0.546. The van der Waals surface area contributed by atoms with Crippen molar-refractivity contribution in [3.8, 4) is 11.9 Å². The van der Waals surface area contributed by atoms with Crippen molar-refractivity contribution in [2.75, 3.05) is 36.0 Å². The largest absolute Gasteiger partial charge is 0.471 e. The summed E-state index contributed by atoms with van der Waals surface area (Å²) in [6.45, 7) is 3.50. The van der Waals surface area contributed by atoms with Crippen molar-refractivity contribution in [3.63, 3.8) is 0 Å². The van der Waals surface area contributed by atoms with Gasteiger partial charge in [-0.2, -0.15) is 5.26 Å². The number of allylic oxidation sites excluding steroid dienone is 1. The second-order valence-corrected chi connectivity index (χ2v) is 7.23. The monoisotopic (exact) mass is 412 g/mol. The molecule has 2 saturated heterocycles. The molecule has 8 nitrogen and oxygen atoms in total. The van der Waals surface area contributed by atoms with Crippen molar-refractivity contribution in [1.29, 1.82) is 5.26 Å². The Morgan fingerprint density at radius 2 is 2.17 bits per heavy atom. The summed E-state index contributed by atoms with van der Waals surface area (Å²) in [6.07, 6.45) is 1.83. The molecule has 0 N–H and O–H groups in total. The van der Waals surface area contributed by atoms with Gasteiger partial charge in [0, 0.05) is 24.7 Å². The highest BCUT2D eigenvalue weighted by atomic mass is 19.1. The number of rotatable bonds is 5. The second-order valence-electron chi connectivity index (χ2n) is 7.23. The number of carbonyl (C=O) groups excluding carboxylic acids is 1. The summed E-state index contributed by atoms with van der Waals surface area (Å²) in [5.41, 5.74) is 2.80. The van der Waals surface area contributed by atoms with Crippen LogP contribution >= 0.6 is 0 Å². The predicted octanol–water partition coefficient (Wildman–Crippen LogP) is 3.66. The van der Waals surface area contributed by atoms with E-state index in [-0.39, 0.29) is 13.2 Å². The Hall–Kier alpha value is -3.54. The molecule has 2 aromatic rings. The summed E-state index contributed by atoms with van der Waals surface area (Å²) in [7, 11) is 0. The Morgan fingerprint density at radius 1 is 1.37 bits per heavy atom. The van der Waals surface area contributed by atoms with Gasteiger partial charge in [-0.1, -0.05) is 5.57 Å². The van der Waals surface area contributed by atoms with Gasteiger partial charge in [0.2, 0.25) is 0 Å². The highest BCUT2D eigenvalue weighted by molar-refractivity contribution is 5.90. The molecule has 0 radical (unpaired) electrons. The van der Waals surface area contributed by atoms with Crippen LogP contribution in [0.3, 0.4) is 0 Å². The number of aromatic nitrogens is 1. The number of cyclic esters (lactones) is 1. The van der Waals surface area contributed by atoms with Crippen molar-refractivity contribution in [3.05, 3.63) is 47.5 Å². The van der Waals surface area contributed by atoms with Crippen LogP contribution in [0.25, 0.3) is 0 Å². The third-order valence-corrected chi connectivity index (χ3v) is 5.35. The van der Waals surface area contributed by atoms with Crippen LogP contribution in [0.5, 0.6) is 5.88 Å². The molecule has 9 heteroatoms. The lowest BCUT2D eigenvalue weighted by Crippen LogP contribution is -2.32. The number of ether oxygens (including phenoxy) is 2. The predicted molar refractivity (Wildman–Crippen MR) is 106 cm³/mol. The van der Waals surface area contributed by atoms with Gasteiger partial charge in [0.05, 0.1) is 24.0 Å². The third kappa shape index (κ3) is 4.08. The molecule has 1 aromatic carbocycles. The molecule has 1 amide bonds. The molecule has 3 heterocycles. The number of benzene rings is 1. The van der Waals surface area contributed by atoms with Crippen molar-refractivity contribution in [2.45, 2.75) is 25.9 Å². The summed E-state index contributed by atoms with van der Waals surface area (Å²) in [5.74, 6) is -0.0866. The summed E-state index contributed by atoms with van der Waals surface area (Å²) in [4.78, 5) is 15.6. The molecule has 2 fully saturated rings. The number of piperidine rings is 1.